The maximum Gasteiger partial charge on any atom is 0.333 e. The molecular weight excluding hydrogens is 528 g/mol. The monoisotopic (exact) mass is 552 g/mol. The molecule has 1 aliphatic rings. The van der Waals surface area contributed by atoms with Gasteiger partial charge < -0.3 is 20.5 Å². The summed E-state index contributed by atoms with van der Waals surface area (Å²) in [7, 11) is 1.09. The second-order valence-electron chi connectivity index (χ2n) is 8.46. The van der Waals surface area contributed by atoms with Crippen LogP contribution >= 0.6 is 11.8 Å². The lowest BCUT2D eigenvalue weighted by Crippen LogP contribution is -2.46. The molecule has 2 aromatic carbocycles. The first-order valence-corrected chi connectivity index (χ1v) is 12.6. The zero-order valence-electron chi connectivity index (χ0n) is 20.7. The number of benzene rings is 2. The molecule has 1 amide bonds. The molecule has 1 atom stereocenters. The molecule has 12 nitrogen and oxygen atoms in total. The zero-order valence-corrected chi connectivity index (χ0v) is 21.6. The number of hydrogen-bond donors (Lipinski definition) is 2. The van der Waals surface area contributed by atoms with Gasteiger partial charge in [-0.2, -0.15) is 0 Å². The van der Waals surface area contributed by atoms with Crippen LogP contribution in [0.25, 0.3) is 0 Å². The van der Waals surface area contributed by atoms with Crippen molar-refractivity contribution in [3.8, 4) is 0 Å². The Morgan fingerprint density at radius 3 is 2.38 bits per heavy atom. The summed E-state index contributed by atoms with van der Waals surface area (Å²) >= 11 is 1.19. The lowest BCUT2D eigenvalue weighted by Gasteiger charge is -2.23. The summed E-state index contributed by atoms with van der Waals surface area (Å²) in [4.78, 5) is 76.7. The van der Waals surface area contributed by atoms with Crippen LogP contribution in [-0.4, -0.2) is 51.7 Å². The Morgan fingerprint density at radius 2 is 1.67 bits per heavy atom. The van der Waals surface area contributed by atoms with Crippen LogP contribution in [-0.2, 0) is 36.9 Å². The second-order valence-corrected chi connectivity index (χ2v) is 9.71. The van der Waals surface area contributed by atoms with E-state index >= 15 is 0 Å². The fourth-order valence-corrected chi connectivity index (χ4v) is 4.98. The molecule has 0 spiro atoms. The van der Waals surface area contributed by atoms with Gasteiger partial charge in [0.15, 0.2) is 6.61 Å². The van der Waals surface area contributed by atoms with Crippen molar-refractivity contribution in [3.63, 3.8) is 0 Å². The van der Waals surface area contributed by atoms with Crippen molar-refractivity contribution in [2.24, 2.45) is 0 Å². The van der Waals surface area contributed by atoms with E-state index < -0.39 is 58.8 Å². The molecule has 39 heavy (non-hydrogen) atoms. The summed E-state index contributed by atoms with van der Waals surface area (Å²) in [5, 5.41) is 1.93. The van der Waals surface area contributed by atoms with E-state index in [1.807, 2.05) is 0 Å². The minimum Gasteiger partial charge on any atom is -0.468 e. The number of ether oxygens (including phenoxy) is 2. The van der Waals surface area contributed by atoms with Gasteiger partial charge in [-0.1, -0.05) is 42.5 Å². The minimum absolute atomic E-state index is 0.0947. The van der Waals surface area contributed by atoms with Gasteiger partial charge in [-0.25, -0.2) is 9.36 Å². The molecule has 0 aliphatic carbocycles. The summed E-state index contributed by atoms with van der Waals surface area (Å²) in [6.45, 7) is -1.71. The van der Waals surface area contributed by atoms with Crippen molar-refractivity contribution in [2.45, 2.75) is 29.7 Å². The molecule has 13 heteroatoms. The number of carbonyl (C=O) groups excluding carboxylic acids is 4. The lowest BCUT2D eigenvalue weighted by molar-refractivity contribution is -0.143. The Morgan fingerprint density at radius 1 is 0.974 bits per heavy atom. The minimum atomic E-state index is -1.12. The van der Waals surface area contributed by atoms with Gasteiger partial charge in [0.25, 0.3) is 5.56 Å². The third-order valence-electron chi connectivity index (χ3n) is 5.87. The number of hydrogen-bond acceptors (Lipinski definition) is 10. The Kier molecular flexibility index (Phi) is 8.30. The molecule has 4 rings (SSSR count). The number of ketones is 1. The molecule has 3 aromatic rings. The first kappa shape index (κ1) is 27.4. The number of amides is 1. The molecule has 202 valence electrons. The number of Topliss-reactive ketones (excluding diaryl/α,β-unsaturated/α-hetero) is 1. The Balaban J connectivity index is 1.55. The summed E-state index contributed by atoms with van der Waals surface area (Å²) in [5.41, 5.74) is 4.74. The number of carbonyl (C=O) groups is 4. The average Bonchev–Trinajstić information content (AvgIpc) is 2.93. The summed E-state index contributed by atoms with van der Waals surface area (Å²) < 4.78 is 11.2. The number of para-hydroxylation sites is 1. The average molecular weight is 553 g/mol. The van der Waals surface area contributed by atoms with Crippen molar-refractivity contribution >= 4 is 46.9 Å². The Hall–Kier alpha value is -4.65. The third kappa shape index (κ3) is 6.09. The van der Waals surface area contributed by atoms with Gasteiger partial charge in [0.1, 0.15) is 17.9 Å². The molecule has 0 radical (unpaired) electrons. The van der Waals surface area contributed by atoms with Crippen LogP contribution in [0.2, 0.25) is 0 Å². The highest BCUT2D eigenvalue weighted by atomic mass is 32.2. The van der Waals surface area contributed by atoms with E-state index in [1.165, 1.54) is 11.8 Å². The number of rotatable bonds is 9. The van der Waals surface area contributed by atoms with Gasteiger partial charge in [-0.15, -0.1) is 11.8 Å². The van der Waals surface area contributed by atoms with Crippen molar-refractivity contribution in [1.29, 1.82) is 0 Å². The molecule has 0 saturated carbocycles. The number of nitrogen functional groups attached to an aromatic ring is 1. The highest BCUT2D eigenvalue weighted by Crippen LogP contribution is 2.36. The van der Waals surface area contributed by atoms with Gasteiger partial charge in [-0.3, -0.25) is 28.5 Å². The SMILES string of the molecule is COC(=O)Cn1c(=O)c(C(=O)COC(=O)CC2Sc3ccccc3NC2=O)c(N)n(Cc2ccccc2)c1=O. The maximum atomic E-state index is 13.1. The normalized spacial score (nSPS) is 14.2. The van der Waals surface area contributed by atoms with Gasteiger partial charge in [-0.05, 0) is 17.7 Å². The quantitative estimate of drug-likeness (QED) is 0.289. The van der Waals surface area contributed by atoms with Crippen LogP contribution in [0, 0.1) is 0 Å². The van der Waals surface area contributed by atoms with E-state index in [0.29, 0.717) is 15.8 Å². The van der Waals surface area contributed by atoms with Crippen molar-refractivity contribution in [2.75, 3.05) is 24.8 Å². The highest BCUT2D eigenvalue weighted by molar-refractivity contribution is 8.01. The summed E-state index contributed by atoms with van der Waals surface area (Å²) in [6.07, 6.45) is -0.326. The van der Waals surface area contributed by atoms with Crippen LogP contribution in [0.15, 0.2) is 69.1 Å². The maximum absolute atomic E-state index is 13.1. The number of nitrogens with zero attached hydrogens (tertiary/aromatic N) is 2. The number of fused-ring (bicyclic) bond motifs is 1. The lowest BCUT2D eigenvalue weighted by atomic mass is 10.1. The second kappa shape index (κ2) is 11.8. The van der Waals surface area contributed by atoms with Crippen molar-refractivity contribution < 1.29 is 28.7 Å². The van der Waals surface area contributed by atoms with E-state index in [9.17, 15) is 28.8 Å². The number of nitrogens with one attached hydrogen (secondary N) is 1. The van der Waals surface area contributed by atoms with Crippen molar-refractivity contribution in [1.82, 2.24) is 9.13 Å². The molecule has 2 heterocycles. The first-order chi connectivity index (χ1) is 18.7. The van der Waals surface area contributed by atoms with Crippen molar-refractivity contribution in [3.05, 3.63) is 86.6 Å². The Bertz CT molecular complexity index is 1560. The van der Waals surface area contributed by atoms with E-state index in [1.54, 1.807) is 54.6 Å². The van der Waals surface area contributed by atoms with E-state index in [-0.39, 0.29) is 18.9 Å². The third-order valence-corrected chi connectivity index (χ3v) is 7.14. The predicted molar refractivity (Wildman–Crippen MR) is 142 cm³/mol. The summed E-state index contributed by atoms with van der Waals surface area (Å²) in [5.74, 6) is -3.53. The number of nitrogens with two attached hydrogens (primary N) is 1. The largest absolute Gasteiger partial charge is 0.468 e. The molecule has 0 fully saturated rings. The molecule has 1 aromatic heterocycles. The molecule has 3 N–H and O–H groups in total. The number of aromatic nitrogens is 2. The Labute approximate surface area is 225 Å². The van der Waals surface area contributed by atoms with Crippen LogP contribution < -0.4 is 22.3 Å². The number of methoxy groups -OCH3 is 1. The van der Waals surface area contributed by atoms with Crippen LogP contribution in [0.5, 0.6) is 0 Å². The molecular formula is C26H24N4O8S. The zero-order chi connectivity index (χ0) is 28.1. The first-order valence-electron chi connectivity index (χ1n) is 11.7. The van der Waals surface area contributed by atoms with Crippen LogP contribution in [0.3, 0.4) is 0 Å². The van der Waals surface area contributed by atoms with Gasteiger partial charge in [0, 0.05) is 4.90 Å². The molecule has 1 aliphatic heterocycles. The fourth-order valence-electron chi connectivity index (χ4n) is 3.88. The van der Waals surface area contributed by atoms with Crippen LogP contribution in [0.4, 0.5) is 11.5 Å². The number of thioether (sulfide) groups is 1. The number of anilines is 2. The van der Waals surface area contributed by atoms with E-state index in [4.69, 9.17) is 10.5 Å². The van der Waals surface area contributed by atoms with Crippen LogP contribution in [0.1, 0.15) is 22.3 Å². The van der Waals surface area contributed by atoms with Gasteiger partial charge >= 0.3 is 17.6 Å². The standard InChI is InChI=1S/C26H24N4O8S/c1-37-21(33)13-30-25(35)22(23(27)29(26(30)36)12-15-7-3-2-4-8-15)17(31)14-38-20(32)11-19-24(34)28-16-9-5-6-10-18(16)39-19/h2-10,19H,11-14,27H2,1H3,(H,28,34). The van der Waals surface area contributed by atoms with Gasteiger partial charge in [0.05, 0.1) is 31.0 Å². The molecule has 1 unspecified atom stereocenters. The summed E-state index contributed by atoms with van der Waals surface area (Å²) in [6, 6.07) is 15.8. The van der Waals surface area contributed by atoms with Gasteiger partial charge in [0.2, 0.25) is 11.7 Å². The topological polar surface area (TPSA) is 169 Å². The number of esters is 2. The molecule has 0 bridgehead atoms. The van der Waals surface area contributed by atoms with E-state index in [0.717, 1.165) is 16.6 Å². The predicted octanol–water partition coefficient (Wildman–Crippen LogP) is 1.04. The molecule has 0 saturated heterocycles. The smallest absolute Gasteiger partial charge is 0.333 e. The fraction of sp³-hybridized carbons (Fsp3) is 0.231. The highest BCUT2D eigenvalue weighted by Gasteiger charge is 2.30. The van der Waals surface area contributed by atoms with E-state index in [2.05, 4.69) is 10.1 Å².